The molecular weight excluding hydrogens is 354 g/mol. The standard InChI is InChI=1S/C21H29N5O2/c1-21(2,3)17(20(28)22-4)25-19(27)16-15-10-11-23-12-13-26(15)18(24-16)14-8-6-5-7-9-14/h5-9,17,23H,10-13H2,1-4H3,(H,22,28)(H,25,27). The maximum absolute atomic E-state index is 13.2. The molecule has 7 nitrogen and oxygen atoms in total. The highest BCUT2D eigenvalue weighted by Gasteiger charge is 2.34. The van der Waals surface area contributed by atoms with E-state index in [0.29, 0.717) is 12.1 Å². The summed E-state index contributed by atoms with van der Waals surface area (Å²) in [5.41, 5.74) is 1.87. The van der Waals surface area contributed by atoms with Crippen molar-refractivity contribution >= 4 is 11.8 Å². The van der Waals surface area contributed by atoms with E-state index in [1.54, 1.807) is 7.05 Å². The fraction of sp³-hybridized carbons (Fsp3) is 0.476. The van der Waals surface area contributed by atoms with E-state index in [0.717, 1.165) is 36.7 Å². The van der Waals surface area contributed by atoms with Gasteiger partial charge < -0.3 is 20.5 Å². The maximum Gasteiger partial charge on any atom is 0.272 e. The number of imidazole rings is 1. The van der Waals surface area contributed by atoms with Crippen LogP contribution in [0.2, 0.25) is 0 Å². The largest absolute Gasteiger partial charge is 0.357 e. The van der Waals surface area contributed by atoms with Crippen LogP contribution in [0.4, 0.5) is 0 Å². The minimum absolute atomic E-state index is 0.212. The molecule has 2 amide bonds. The van der Waals surface area contributed by atoms with Crippen molar-refractivity contribution in [2.24, 2.45) is 5.41 Å². The second kappa shape index (κ2) is 8.14. The Bertz CT molecular complexity index is 852. The molecule has 3 N–H and O–H groups in total. The molecule has 2 heterocycles. The van der Waals surface area contributed by atoms with E-state index in [2.05, 4.69) is 20.5 Å². The minimum atomic E-state index is -0.647. The molecule has 3 rings (SSSR count). The highest BCUT2D eigenvalue weighted by Crippen LogP contribution is 2.25. The summed E-state index contributed by atoms with van der Waals surface area (Å²) in [5.74, 6) is 0.268. The van der Waals surface area contributed by atoms with Crippen LogP contribution in [0.25, 0.3) is 11.4 Å². The first-order valence-corrected chi connectivity index (χ1v) is 9.71. The van der Waals surface area contributed by atoms with E-state index < -0.39 is 11.5 Å². The molecule has 1 aromatic heterocycles. The Morgan fingerprint density at radius 2 is 1.89 bits per heavy atom. The second-order valence-electron chi connectivity index (χ2n) is 8.14. The average molecular weight is 383 g/mol. The first-order chi connectivity index (χ1) is 13.3. The number of hydrogen-bond donors (Lipinski definition) is 3. The topological polar surface area (TPSA) is 88.1 Å². The summed E-state index contributed by atoms with van der Waals surface area (Å²) in [5, 5.41) is 8.93. The average Bonchev–Trinajstić information content (AvgIpc) is 2.86. The van der Waals surface area contributed by atoms with E-state index in [1.807, 2.05) is 51.1 Å². The fourth-order valence-electron chi connectivity index (χ4n) is 3.51. The predicted octanol–water partition coefficient (Wildman–Crippen LogP) is 1.59. The summed E-state index contributed by atoms with van der Waals surface area (Å²) in [4.78, 5) is 30.2. The Labute approximate surface area is 165 Å². The highest BCUT2D eigenvalue weighted by atomic mass is 16.2. The fourth-order valence-corrected chi connectivity index (χ4v) is 3.51. The van der Waals surface area contributed by atoms with Crippen molar-refractivity contribution in [3.63, 3.8) is 0 Å². The Morgan fingerprint density at radius 1 is 1.18 bits per heavy atom. The maximum atomic E-state index is 13.2. The molecule has 0 saturated carbocycles. The van der Waals surface area contributed by atoms with Gasteiger partial charge in [-0.15, -0.1) is 0 Å². The third-order valence-corrected chi connectivity index (χ3v) is 5.02. The summed E-state index contributed by atoms with van der Waals surface area (Å²) >= 11 is 0. The summed E-state index contributed by atoms with van der Waals surface area (Å²) in [6.45, 7) is 8.16. The van der Waals surface area contributed by atoms with Gasteiger partial charge in [0.05, 0.1) is 5.69 Å². The molecule has 1 aliphatic heterocycles. The van der Waals surface area contributed by atoms with Crippen molar-refractivity contribution in [2.45, 2.75) is 39.8 Å². The van der Waals surface area contributed by atoms with Crippen LogP contribution in [-0.2, 0) is 17.8 Å². The molecule has 0 spiro atoms. The normalized spacial score (nSPS) is 15.3. The molecule has 0 bridgehead atoms. The lowest BCUT2D eigenvalue weighted by molar-refractivity contribution is -0.124. The molecule has 0 radical (unpaired) electrons. The van der Waals surface area contributed by atoms with Gasteiger partial charge in [-0.05, 0) is 5.41 Å². The lowest BCUT2D eigenvalue weighted by Crippen LogP contribution is -2.53. The first kappa shape index (κ1) is 20.1. The number of carbonyl (C=O) groups is 2. The smallest absolute Gasteiger partial charge is 0.272 e. The first-order valence-electron chi connectivity index (χ1n) is 9.71. The van der Waals surface area contributed by atoms with Gasteiger partial charge in [-0.1, -0.05) is 51.1 Å². The van der Waals surface area contributed by atoms with Crippen molar-refractivity contribution in [1.29, 1.82) is 0 Å². The summed E-state index contributed by atoms with van der Waals surface area (Å²) in [6, 6.07) is 9.24. The molecule has 0 fully saturated rings. The van der Waals surface area contributed by atoms with E-state index in [1.165, 1.54) is 0 Å². The van der Waals surface area contributed by atoms with Gasteiger partial charge in [0, 0.05) is 38.7 Å². The number of nitrogens with one attached hydrogen (secondary N) is 3. The molecule has 1 atom stereocenters. The molecule has 1 aliphatic rings. The van der Waals surface area contributed by atoms with Crippen molar-refractivity contribution in [1.82, 2.24) is 25.5 Å². The van der Waals surface area contributed by atoms with Crippen LogP contribution in [-0.4, -0.2) is 47.5 Å². The number of carbonyl (C=O) groups excluding carboxylic acids is 2. The number of amides is 2. The van der Waals surface area contributed by atoms with Crippen LogP contribution in [0.1, 0.15) is 37.0 Å². The third kappa shape index (κ3) is 4.09. The van der Waals surface area contributed by atoms with Crippen molar-refractivity contribution in [2.75, 3.05) is 20.1 Å². The van der Waals surface area contributed by atoms with Crippen LogP contribution in [0.15, 0.2) is 30.3 Å². The lowest BCUT2D eigenvalue weighted by Gasteiger charge is -2.29. The van der Waals surface area contributed by atoms with Crippen LogP contribution in [0.3, 0.4) is 0 Å². The minimum Gasteiger partial charge on any atom is -0.357 e. The molecule has 2 aromatic rings. The van der Waals surface area contributed by atoms with Gasteiger partial charge in [0.2, 0.25) is 5.91 Å². The Morgan fingerprint density at radius 3 is 2.54 bits per heavy atom. The van der Waals surface area contributed by atoms with Gasteiger partial charge in [-0.2, -0.15) is 0 Å². The molecular formula is C21H29N5O2. The Kier molecular flexibility index (Phi) is 5.84. The SMILES string of the molecule is CNC(=O)C(NC(=O)c1nc(-c2ccccc2)n2c1CCNCC2)C(C)(C)C. The van der Waals surface area contributed by atoms with Crippen molar-refractivity contribution in [3.8, 4) is 11.4 Å². The van der Waals surface area contributed by atoms with E-state index in [9.17, 15) is 9.59 Å². The van der Waals surface area contributed by atoms with Crippen LogP contribution in [0.5, 0.6) is 0 Å². The molecule has 1 aromatic carbocycles. The molecule has 0 saturated heterocycles. The van der Waals surface area contributed by atoms with Gasteiger partial charge in [0.15, 0.2) is 0 Å². The molecule has 0 aliphatic carbocycles. The number of rotatable bonds is 4. The van der Waals surface area contributed by atoms with Gasteiger partial charge in [-0.3, -0.25) is 9.59 Å². The number of hydrogen-bond acceptors (Lipinski definition) is 4. The van der Waals surface area contributed by atoms with E-state index in [-0.39, 0.29) is 11.8 Å². The van der Waals surface area contributed by atoms with Crippen molar-refractivity contribution < 1.29 is 9.59 Å². The van der Waals surface area contributed by atoms with Crippen LogP contribution in [0, 0.1) is 5.41 Å². The van der Waals surface area contributed by atoms with E-state index >= 15 is 0 Å². The zero-order valence-corrected chi connectivity index (χ0v) is 17.0. The Hall–Kier alpha value is -2.67. The Balaban J connectivity index is 2.00. The quantitative estimate of drug-likeness (QED) is 0.748. The highest BCUT2D eigenvalue weighted by molar-refractivity contribution is 5.97. The number of nitrogens with zero attached hydrogens (tertiary/aromatic N) is 2. The number of fused-ring (bicyclic) bond motifs is 1. The number of likely N-dealkylation sites (N-methyl/N-ethyl adjacent to an activating group) is 1. The van der Waals surface area contributed by atoms with Gasteiger partial charge >= 0.3 is 0 Å². The summed E-state index contributed by atoms with van der Waals surface area (Å²) in [7, 11) is 1.58. The van der Waals surface area contributed by atoms with Crippen LogP contribution < -0.4 is 16.0 Å². The number of benzene rings is 1. The van der Waals surface area contributed by atoms with Crippen LogP contribution >= 0.6 is 0 Å². The zero-order chi connectivity index (χ0) is 20.3. The number of aromatic nitrogens is 2. The van der Waals surface area contributed by atoms with Gasteiger partial charge in [0.25, 0.3) is 5.91 Å². The molecule has 150 valence electrons. The summed E-state index contributed by atoms with van der Waals surface area (Å²) in [6.07, 6.45) is 0.711. The van der Waals surface area contributed by atoms with Crippen molar-refractivity contribution in [3.05, 3.63) is 41.7 Å². The summed E-state index contributed by atoms with van der Waals surface area (Å²) < 4.78 is 2.12. The lowest BCUT2D eigenvalue weighted by atomic mass is 9.86. The third-order valence-electron chi connectivity index (χ3n) is 5.02. The molecule has 28 heavy (non-hydrogen) atoms. The van der Waals surface area contributed by atoms with Gasteiger partial charge in [0.1, 0.15) is 17.6 Å². The van der Waals surface area contributed by atoms with Gasteiger partial charge in [-0.25, -0.2) is 4.98 Å². The molecule has 1 unspecified atom stereocenters. The molecule has 7 heteroatoms. The predicted molar refractivity (Wildman–Crippen MR) is 109 cm³/mol. The van der Waals surface area contributed by atoms with E-state index in [4.69, 9.17) is 4.98 Å². The zero-order valence-electron chi connectivity index (χ0n) is 17.0. The monoisotopic (exact) mass is 383 g/mol. The second-order valence-corrected chi connectivity index (χ2v) is 8.14.